The number of ether oxygens (including phenoxy) is 4. The van der Waals surface area contributed by atoms with E-state index in [9.17, 15) is 14.5 Å². The predicted octanol–water partition coefficient (Wildman–Crippen LogP) is 10.5. The Morgan fingerprint density at radius 2 is 1.46 bits per heavy atom. The quantitative estimate of drug-likeness (QED) is 0.0624. The first-order valence-electron chi connectivity index (χ1n) is 16.7. The predicted molar refractivity (Wildman–Crippen MR) is 197 cm³/mol. The highest BCUT2D eigenvalue weighted by atomic mass is 19.1. The van der Waals surface area contributed by atoms with E-state index >= 15 is 0 Å². The third kappa shape index (κ3) is 9.50. The van der Waals surface area contributed by atoms with Crippen LogP contribution >= 0.6 is 0 Å². The number of nitro benzene ring substituents is 1. The molecule has 0 heterocycles. The molecule has 0 atom stereocenters. The van der Waals surface area contributed by atoms with E-state index in [2.05, 4.69) is 24.3 Å². The normalized spacial score (nSPS) is 11.3. The number of halogens is 1. The molecule has 0 radical (unpaired) electrons. The Morgan fingerprint density at radius 1 is 0.720 bits per heavy atom. The molecule has 0 unspecified atom stereocenters. The van der Waals surface area contributed by atoms with Crippen LogP contribution in [0.4, 0.5) is 10.1 Å². The number of aryl methyl sites for hydroxylation is 2. The second-order valence-corrected chi connectivity index (χ2v) is 12.5. The smallest absolute Gasteiger partial charge is 0.305 e. The molecule has 5 aromatic carbocycles. The maximum atomic E-state index is 14.0. The summed E-state index contributed by atoms with van der Waals surface area (Å²) in [6.45, 7) is 8.41. The molecule has 0 fully saturated rings. The van der Waals surface area contributed by atoms with Crippen LogP contribution < -0.4 is 18.9 Å². The fraction of sp³-hybridized carbons (Fsp3) is 0.238. The van der Waals surface area contributed by atoms with Gasteiger partial charge in [0.25, 0.3) is 0 Å². The van der Waals surface area contributed by atoms with Crippen molar-refractivity contribution in [3.63, 3.8) is 0 Å². The molecule has 0 aliphatic heterocycles. The molecule has 0 amide bonds. The van der Waals surface area contributed by atoms with Crippen molar-refractivity contribution >= 4 is 17.8 Å². The number of hydrogen-bond acceptors (Lipinski definition) is 6. The van der Waals surface area contributed by atoms with E-state index in [0.717, 1.165) is 51.6 Å². The van der Waals surface area contributed by atoms with Crippen LogP contribution in [0.1, 0.15) is 55.5 Å². The Hall–Kier alpha value is -5.63. The molecule has 7 nitrogen and oxygen atoms in total. The largest absolute Gasteiger partial charge is 0.497 e. The van der Waals surface area contributed by atoms with Crippen molar-refractivity contribution in [3.8, 4) is 34.1 Å². The number of nitrogens with zero attached hydrogens (tertiary/aromatic N) is 1. The third-order valence-corrected chi connectivity index (χ3v) is 7.91. The van der Waals surface area contributed by atoms with Gasteiger partial charge in [0.1, 0.15) is 18.1 Å². The van der Waals surface area contributed by atoms with Crippen molar-refractivity contribution in [2.24, 2.45) is 0 Å². The minimum absolute atomic E-state index is 0.00269. The first kappa shape index (κ1) is 35.7. The average molecular weight is 676 g/mol. The SMILES string of the molecule is COc1ccc(-c2ccc(OC(C)C)cc2CCc2ccc(OC(C)C)c(OCc3ccccc3)c2)c(/C=C\c2ccc(F)c([N+](=O)[O-])c2)c1. The minimum atomic E-state index is -0.875. The number of nitro groups is 1. The van der Waals surface area contributed by atoms with Crippen LogP contribution in [0.25, 0.3) is 23.3 Å². The highest BCUT2D eigenvalue weighted by Crippen LogP contribution is 2.36. The van der Waals surface area contributed by atoms with Crippen molar-refractivity contribution in [2.45, 2.75) is 59.4 Å². The number of hydrogen-bond donors (Lipinski definition) is 0. The van der Waals surface area contributed by atoms with Gasteiger partial charge in [0.05, 0.1) is 24.2 Å². The van der Waals surface area contributed by atoms with E-state index in [1.807, 2.05) is 94.4 Å². The topological polar surface area (TPSA) is 80.1 Å². The van der Waals surface area contributed by atoms with E-state index < -0.39 is 16.4 Å². The minimum Gasteiger partial charge on any atom is -0.497 e. The first-order valence-corrected chi connectivity index (χ1v) is 16.7. The van der Waals surface area contributed by atoms with E-state index in [0.29, 0.717) is 35.8 Å². The maximum Gasteiger partial charge on any atom is 0.305 e. The van der Waals surface area contributed by atoms with Gasteiger partial charge in [-0.3, -0.25) is 10.1 Å². The molecular weight excluding hydrogens is 633 g/mol. The summed E-state index contributed by atoms with van der Waals surface area (Å²) in [6.07, 6.45) is 5.02. The molecule has 0 aliphatic carbocycles. The molecule has 8 heteroatoms. The van der Waals surface area contributed by atoms with Gasteiger partial charge in [0.15, 0.2) is 11.5 Å². The second-order valence-electron chi connectivity index (χ2n) is 12.5. The van der Waals surface area contributed by atoms with Gasteiger partial charge in [-0.2, -0.15) is 4.39 Å². The van der Waals surface area contributed by atoms with Crippen molar-refractivity contribution in [1.82, 2.24) is 0 Å². The summed E-state index contributed by atoms with van der Waals surface area (Å²) in [4.78, 5) is 10.6. The molecule has 0 saturated carbocycles. The van der Waals surface area contributed by atoms with Crippen LogP contribution in [0.5, 0.6) is 23.0 Å². The zero-order chi connectivity index (χ0) is 35.6. The monoisotopic (exact) mass is 675 g/mol. The number of methoxy groups -OCH3 is 1. The summed E-state index contributed by atoms with van der Waals surface area (Å²) in [6, 6.07) is 31.9. The van der Waals surface area contributed by atoms with Crippen LogP contribution in [-0.4, -0.2) is 24.2 Å². The zero-order valence-electron chi connectivity index (χ0n) is 29.0. The average Bonchev–Trinajstić information content (AvgIpc) is 3.10. The molecule has 5 rings (SSSR count). The Balaban J connectivity index is 1.49. The number of benzene rings is 5. The fourth-order valence-electron chi connectivity index (χ4n) is 5.58. The summed E-state index contributed by atoms with van der Waals surface area (Å²) in [5, 5.41) is 11.3. The maximum absolute atomic E-state index is 14.0. The highest BCUT2D eigenvalue weighted by molar-refractivity contribution is 5.83. The lowest BCUT2D eigenvalue weighted by molar-refractivity contribution is -0.387. The van der Waals surface area contributed by atoms with Gasteiger partial charge in [-0.1, -0.05) is 66.7 Å². The molecule has 0 N–H and O–H groups in total. The lowest BCUT2D eigenvalue weighted by atomic mass is 9.91. The molecule has 258 valence electrons. The van der Waals surface area contributed by atoms with Gasteiger partial charge in [-0.15, -0.1) is 0 Å². The Morgan fingerprint density at radius 3 is 2.18 bits per heavy atom. The van der Waals surface area contributed by atoms with Crippen LogP contribution in [0.15, 0.2) is 103 Å². The molecular formula is C42H42FNO6. The van der Waals surface area contributed by atoms with E-state index in [-0.39, 0.29) is 12.2 Å². The van der Waals surface area contributed by atoms with Crippen LogP contribution in [-0.2, 0) is 19.4 Å². The van der Waals surface area contributed by atoms with Gasteiger partial charge in [0.2, 0.25) is 5.82 Å². The van der Waals surface area contributed by atoms with Gasteiger partial charge < -0.3 is 18.9 Å². The molecule has 0 spiro atoms. The van der Waals surface area contributed by atoms with Crippen molar-refractivity contribution in [3.05, 3.63) is 147 Å². The lowest BCUT2D eigenvalue weighted by Gasteiger charge is -2.18. The van der Waals surface area contributed by atoms with Crippen LogP contribution in [0.2, 0.25) is 0 Å². The Labute approximate surface area is 293 Å². The summed E-state index contributed by atoms with van der Waals surface area (Å²) in [7, 11) is 1.60. The molecule has 0 saturated heterocycles. The Kier molecular flexibility index (Phi) is 11.9. The van der Waals surface area contributed by atoms with Crippen LogP contribution in [0, 0.1) is 15.9 Å². The molecule has 5 aromatic rings. The van der Waals surface area contributed by atoms with Gasteiger partial charge in [0, 0.05) is 6.07 Å². The van der Waals surface area contributed by atoms with Crippen molar-refractivity contribution in [2.75, 3.05) is 7.11 Å². The summed E-state index contributed by atoms with van der Waals surface area (Å²) in [5.41, 5.74) is 5.96. The molecule has 0 aliphatic rings. The van der Waals surface area contributed by atoms with E-state index in [1.165, 1.54) is 12.1 Å². The Bertz CT molecular complexity index is 1950. The highest BCUT2D eigenvalue weighted by Gasteiger charge is 2.16. The fourth-order valence-corrected chi connectivity index (χ4v) is 5.58. The third-order valence-electron chi connectivity index (χ3n) is 7.91. The summed E-state index contributed by atoms with van der Waals surface area (Å²) < 4.78 is 38.0. The van der Waals surface area contributed by atoms with Gasteiger partial charge in [-0.25, -0.2) is 0 Å². The molecule has 0 aromatic heterocycles. The van der Waals surface area contributed by atoms with Gasteiger partial charge >= 0.3 is 5.69 Å². The van der Waals surface area contributed by atoms with E-state index in [4.69, 9.17) is 18.9 Å². The zero-order valence-corrected chi connectivity index (χ0v) is 29.0. The van der Waals surface area contributed by atoms with Crippen LogP contribution in [0.3, 0.4) is 0 Å². The first-order chi connectivity index (χ1) is 24.1. The van der Waals surface area contributed by atoms with E-state index in [1.54, 1.807) is 13.2 Å². The summed E-state index contributed by atoms with van der Waals surface area (Å²) in [5.74, 6) is 1.95. The van der Waals surface area contributed by atoms with Gasteiger partial charge in [-0.05, 0) is 122 Å². The lowest BCUT2D eigenvalue weighted by Crippen LogP contribution is -2.08. The standard InChI is InChI=1S/C42H42FNO6/c1-28(2)49-36-18-20-38(37-19-17-35(47-5)25-33(37)15-11-30-13-21-39(43)40(23-30)44(45)46)34(26-36)16-12-31-14-22-41(50-29(3)4)42(24-31)48-27-32-9-7-6-8-10-32/h6-11,13-15,17-26,28-29H,12,16,27H2,1-5H3/b15-11-. The molecule has 0 bridgehead atoms. The second kappa shape index (κ2) is 16.7. The number of rotatable bonds is 15. The van der Waals surface area contributed by atoms with Crippen molar-refractivity contribution in [1.29, 1.82) is 0 Å². The summed E-state index contributed by atoms with van der Waals surface area (Å²) >= 11 is 0. The van der Waals surface area contributed by atoms with Crippen molar-refractivity contribution < 1.29 is 28.3 Å². The molecule has 50 heavy (non-hydrogen) atoms.